The fourth-order valence-corrected chi connectivity index (χ4v) is 2.69. The monoisotopic (exact) mass is 390 g/mol. The summed E-state index contributed by atoms with van der Waals surface area (Å²) in [6.07, 6.45) is 1.79. The van der Waals surface area contributed by atoms with Gasteiger partial charge in [0, 0.05) is 17.2 Å². The predicted octanol–water partition coefficient (Wildman–Crippen LogP) is 5.89. The van der Waals surface area contributed by atoms with E-state index in [4.69, 9.17) is 16.3 Å². The summed E-state index contributed by atoms with van der Waals surface area (Å²) in [7, 11) is 0. The number of hydrogen-bond donors (Lipinski definition) is 0. The molecule has 0 radical (unpaired) electrons. The van der Waals surface area contributed by atoms with E-state index in [9.17, 15) is 15.4 Å². The van der Waals surface area contributed by atoms with Crippen LogP contribution in [0.3, 0.4) is 0 Å². The van der Waals surface area contributed by atoms with Gasteiger partial charge < -0.3 is 4.74 Å². The summed E-state index contributed by atoms with van der Waals surface area (Å²) in [5.74, 6) is 0.633. The molecule has 0 aliphatic heterocycles. The SMILES string of the molecule is N#CC(=Cc1ccc(OCc2cccc([N+](=O)[O-])c2)cc1)c1ccc(Cl)cc1. The lowest BCUT2D eigenvalue weighted by atomic mass is 10.0. The normalized spacial score (nSPS) is 10.9. The van der Waals surface area contributed by atoms with Crippen LogP contribution in [-0.2, 0) is 6.61 Å². The number of nitro groups is 1. The van der Waals surface area contributed by atoms with Crippen molar-refractivity contribution >= 4 is 28.9 Å². The number of ether oxygens (including phenoxy) is 1. The topological polar surface area (TPSA) is 76.2 Å². The van der Waals surface area contributed by atoms with E-state index in [0.29, 0.717) is 21.9 Å². The predicted molar refractivity (Wildman–Crippen MR) is 109 cm³/mol. The van der Waals surface area contributed by atoms with Crippen LogP contribution in [0.5, 0.6) is 5.75 Å². The van der Waals surface area contributed by atoms with Gasteiger partial charge in [-0.2, -0.15) is 5.26 Å². The highest BCUT2D eigenvalue weighted by Crippen LogP contribution is 2.22. The molecule has 0 spiro atoms. The van der Waals surface area contributed by atoms with E-state index >= 15 is 0 Å². The lowest BCUT2D eigenvalue weighted by Crippen LogP contribution is -1.96. The number of nitro benzene ring substituents is 1. The number of benzene rings is 3. The van der Waals surface area contributed by atoms with Crippen molar-refractivity contribution in [2.24, 2.45) is 0 Å². The first-order chi connectivity index (χ1) is 13.5. The van der Waals surface area contributed by atoms with Crippen molar-refractivity contribution in [3.63, 3.8) is 0 Å². The fourth-order valence-electron chi connectivity index (χ4n) is 2.56. The largest absolute Gasteiger partial charge is 0.489 e. The van der Waals surface area contributed by atoms with Gasteiger partial charge in [-0.15, -0.1) is 0 Å². The number of nitriles is 1. The molecule has 0 aromatic heterocycles. The highest BCUT2D eigenvalue weighted by molar-refractivity contribution is 6.30. The molecule has 0 fully saturated rings. The highest BCUT2D eigenvalue weighted by Gasteiger charge is 2.06. The molecule has 0 amide bonds. The van der Waals surface area contributed by atoms with Gasteiger partial charge in [0.2, 0.25) is 0 Å². The van der Waals surface area contributed by atoms with E-state index in [0.717, 1.165) is 11.1 Å². The number of rotatable bonds is 6. The summed E-state index contributed by atoms with van der Waals surface area (Å²) in [6.45, 7) is 0.227. The molecule has 0 aliphatic rings. The van der Waals surface area contributed by atoms with Gasteiger partial charge in [-0.1, -0.05) is 48.0 Å². The van der Waals surface area contributed by atoms with Gasteiger partial charge in [0.05, 0.1) is 16.6 Å². The molecule has 0 heterocycles. The Labute approximate surface area is 167 Å². The molecule has 0 N–H and O–H groups in total. The summed E-state index contributed by atoms with van der Waals surface area (Å²) in [5, 5.41) is 20.9. The molecule has 28 heavy (non-hydrogen) atoms. The quantitative estimate of drug-likeness (QED) is 0.227. The molecule has 3 aromatic rings. The number of hydrogen-bond acceptors (Lipinski definition) is 4. The third kappa shape index (κ3) is 4.97. The van der Waals surface area contributed by atoms with Crippen molar-refractivity contribution in [2.45, 2.75) is 6.61 Å². The molecule has 0 aliphatic carbocycles. The summed E-state index contributed by atoms with van der Waals surface area (Å²) in [5.41, 5.74) is 2.93. The van der Waals surface area contributed by atoms with E-state index in [-0.39, 0.29) is 12.3 Å². The average Bonchev–Trinajstić information content (AvgIpc) is 2.72. The van der Waals surface area contributed by atoms with Crippen LogP contribution >= 0.6 is 11.6 Å². The van der Waals surface area contributed by atoms with Gasteiger partial charge in [0.1, 0.15) is 12.4 Å². The second-order valence-corrected chi connectivity index (χ2v) is 6.40. The second-order valence-electron chi connectivity index (χ2n) is 5.96. The Balaban J connectivity index is 1.69. The molecule has 5 nitrogen and oxygen atoms in total. The molecule has 6 heteroatoms. The molecular weight excluding hydrogens is 376 g/mol. The fraction of sp³-hybridized carbons (Fsp3) is 0.0455. The zero-order valence-corrected chi connectivity index (χ0v) is 15.5. The van der Waals surface area contributed by atoms with Gasteiger partial charge in [-0.3, -0.25) is 10.1 Å². The van der Waals surface area contributed by atoms with E-state index in [2.05, 4.69) is 6.07 Å². The number of non-ortho nitro benzene ring substituents is 1. The lowest BCUT2D eigenvalue weighted by molar-refractivity contribution is -0.384. The minimum atomic E-state index is -0.432. The first-order valence-electron chi connectivity index (χ1n) is 8.39. The van der Waals surface area contributed by atoms with E-state index < -0.39 is 4.92 Å². The van der Waals surface area contributed by atoms with Crippen LogP contribution in [0, 0.1) is 21.4 Å². The number of allylic oxidation sites excluding steroid dienone is 1. The van der Waals surface area contributed by atoms with Crippen LogP contribution in [0.15, 0.2) is 72.8 Å². The Morgan fingerprint density at radius 3 is 2.46 bits per heavy atom. The average molecular weight is 391 g/mol. The Morgan fingerprint density at radius 2 is 1.82 bits per heavy atom. The van der Waals surface area contributed by atoms with E-state index in [1.54, 1.807) is 54.6 Å². The maximum atomic E-state index is 10.8. The summed E-state index contributed by atoms with van der Waals surface area (Å²) in [6, 6.07) is 22.9. The maximum Gasteiger partial charge on any atom is 0.269 e. The Morgan fingerprint density at radius 1 is 1.11 bits per heavy atom. The molecule has 0 saturated heterocycles. The maximum absolute atomic E-state index is 10.8. The molecule has 3 rings (SSSR count). The molecular formula is C22H15ClN2O3. The Bertz CT molecular complexity index is 1050. The first kappa shape index (κ1) is 19.2. The van der Waals surface area contributed by atoms with Crippen molar-refractivity contribution in [3.8, 4) is 11.8 Å². The zero-order chi connectivity index (χ0) is 19.9. The van der Waals surface area contributed by atoms with Crippen LogP contribution in [0.1, 0.15) is 16.7 Å². The summed E-state index contributed by atoms with van der Waals surface area (Å²) >= 11 is 5.89. The van der Waals surface area contributed by atoms with Gasteiger partial charge >= 0.3 is 0 Å². The van der Waals surface area contributed by atoms with Crippen molar-refractivity contribution in [3.05, 3.63) is 105 Å². The van der Waals surface area contributed by atoms with Gasteiger partial charge in [0.25, 0.3) is 5.69 Å². The third-order valence-electron chi connectivity index (χ3n) is 3.99. The summed E-state index contributed by atoms with van der Waals surface area (Å²) in [4.78, 5) is 10.4. The van der Waals surface area contributed by atoms with Crippen LogP contribution in [0.25, 0.3) is 11.6 Å². The van der Waals surface area contributed by atoms with Crippen LogP contribution < -0.4 is 4.74 Å². The number of halogens is 1. The third-order valence-corrected chi connectivity index (χ3v) is 4.25. The van der Waals surface area contributed by atoms with Crippen LogP contribution in [0.2, 0.25) is 5.02 Å². The van der Waals surface area contributed by atoms with Crippen molar-refractivity contribution in [1.82, 2.24) is 0 Å². The van der Waals surface area contributed by atoms with Crippen molar-refractivity contribution in [1.29, 1.82) is 5.26 Å². The standard InChI is InChI=1S/C22H15ClN2O3/c23-20-8-6-18(7-9-20)19(14-24)12-16-4-10-22(11-5-16)28-15-17-2-1-3-21(13-17)25(26)27/h1-13H,15H2. The van der Waals surface area contributed by atoms with Gasteiger partial charge in [-0.25, -0.2) is 0 Å². The smallest absolute Gasteiger partial charge is 0.269 e. The van der Waals surface area contributed by atoms with Crippen molar-refractivity contribution < 1.29 is 9.66 Å². The molecule has 3 aromatic carbocycles. The van der Waals surface area contributed by atoms with E-state index in [1.807, 2.05) is 12.1 Å². The lowest BCUT2D eigenvalue weighted by Gasteiger charge is -2.07. The zero-order valence-electron chi connectivity index (χ0n) is 14.7. The molecule has 0 saturated carbocycles. The minimum absolute atomic E-state index is 0.0350. The highest BCUT2D eigenvalue weighted by atomic mass is 35.5. The Hall–Kier alpha value is -3.62. The number of nitrogens with zero attached hydrogens (tertiary/aromatic N) is 2. The Kier molecular flexibility index (Phi) is 6.05. The molecule has 138 valence electrons. The van der Waals surface area contributed by atoms with Crippen LogP contribution in [-0.4, -0.2) is 4.92 Å². The van der Waals surface area contributed by atoms with Gasteiger partial charge in [0.15, 0.2) is 0 Å². The van der Waals surface area contributed by atoms with Gasteiger partial charge in [-0.05, 0) is 47.0 Å². The minimum Gasteiger partial charge on any atom is -0.489 e. The summed E-state index contributed by atoms with van der Waals surface area (Å²) < 4.78 is 5.69. The molecule has 0 bridgehead atoms. The second kappa shape index (κ2) is 8.85. The first-order valence-corrected chi connectivity index (χ1v) is 8.77. The molecule has 0 unspecified atom stereocenters. The molecule has 0 atom stereocenters. The van der Waals surface area contributed by atoms with E-state index in [1.165, 1.54) is 12.1 Å². The van der Waals surface area contributed by atoms with Crippen molar-refractivity contribution in [2.75, 3.05) is 0 Å². The van der Waals surface area contributed by atoms with Crippen LogP contribution in [0.4, 0.5) is 5.69 Å².